The second kappa shape index (κ2) is 6.91. The first-order valence-corrected chi connectivity index (χ1v) is 5.88. The molecule has 1 aromatic rings. The van der Waals surface area contributed by atoms with E-state index >= 15 is 0 Å². The van der Waals surface area contributed by atoms with Crippen LogP contribution < -0.4 is 11.1 Å². The molecule has 0 heterocycles. The molecule has 4 heteroatoms. The molecule has 17 heavy (non-hydrogen) atoms. The second-order valence-electron chi connectivity index (χ2n) is 4.28. The third-order valence-corrected chi connectivity index (χ3v) is 2.50. The van der Waals surface area contributed by atoms with Crippen LogP contribution in [0.2, 0.25) is 0 Å². The lowest BCUT2D eigenvalue weighted by molar-refractivity contribution is -0.121. The summed E-state index contributed by atoms with van der Waals surface area (Å²) in [4.78, 5) is 11.4. The van der Waals surface area contributed by atoms with Gasteiger partial charge in [0.25, 0.3) is 0 Å². The van der Waals surface area contributed by atoms with E-state index in [0.29, 0.717) is 19.4 Å². The molecule has 0 aliphatic heterocycles. The minimum absolute atomic E-state index is 0.0427. The third kappa shape index (κ3) is 5.92. The van der Waals surface area contributed by atoms with Crippen molar-refractivity contribution in [3.8, 4) is 5.75 Å². The van der Waals surface area contributed by atoms with E-state index in [-0.39, 0.29) is 17.7 Å². The smallest absolute Gasteiger partial charge is 0.220 e. The molecule has 1 atom stereocenters. The van der Waals surface area contributed by atoms with E-state index in [1.807, 2.05) is 19.1 Å². The fraction of sp³-hybridized carbons (Fsp3) is 0.462. The molecule has 1 rings (SSSR count). The van der Waals surface area contributed by atoms with Gasteiger partial charge in [-0.3, -0.25) is 4.79 Å². The first kappa shape index (κ1) is 13.5. The highest BCUT2D eigenvalue weighted by Crippen LogP contribution is 2.09. The average molecular weight is 236 g/mol. The number of hydrogen-bond acceptors (Lipinski definition) is 3. The van der Waals surface area contributed by atoms with Crippen LogP contribution in [0.1, 0.15) is 25.3 Å². The molecular formula is C13H20N2O2. The lowest BCUT2D eigenvalue weighted by Gasteiger charge is -2.07. The number of carbonyl (C=O) groups is 1. The van der Waals surface area contributed by atoms with Crippen molar-refractivity contribution in [3.05, 3.63) is 29.8 Å². The number of phenolic OH excluding ortho intramolecular Hbond substituents is 1. The molecule has 1 amide bonds. The molecule has 94 valence electrons. The minimum Gasteiger partial charge on any atom is -0.508 e. The topological polar surface area (TPSA) is 75.4 Å². The molecule has 0 spiro atoms. The number of carbonyl (C=O) groups excluding carboxylic acids is 1. The van der Waals surface area contributed by atoms with Crippen LogP contribution >= 0.6 is 0 Å². The number of amides is 1. The summed E-state index contributed by atoms with van der Waals surface area (Å²) in [6.45, 7) is 2.51. The Kier molecular flexibility index (Phi) is 5.49. The van der Waals surface area contributed by atoms with Crippen molar-refractivity contribution in [1.82, 2.24) is 5.32 Å². The first-order chi connectivity index (χ1) is 8.08. The summed E-state index contributed by atoms with van der Waals surface area (Å²) in [7, 11) is 0. The monoisotopic (exact) mass is 236 g/mol. The lowest BCUT2D eigenvalue weighted by Crippen LogP contribution is -2.27. The molecular weight excluding hydrogens is 216 g/mol. The summed E-state index contributed by atoms with van der Waals surface area (Å²) in [5.74, 6) is 0.302. The highest BCUT2D eigenvalue weighted by molar-refractivity contribution is 5.75. The van der Waals surface area contributed by atoms with Gasteiger partial charge in [-0.05, 0) is 37.5 Å². The Morgan fingerprint density at radius 1 is 1.41 bits per heavy atom. The molecule has 4 N–H and O–H groups in total. The molecule has 0 fully saturated rings. The van der Waals surface area contributed by atoms with Crippen molar-refractivity contribution in [2.45, 2.75) is 32.2 Å². The van der Waals surface area contributed by atoms with Crippen LogP contribution in [-0.4, -0.2) is 23.6 Å². The normalized spacial score (nSPS) is 12.1. The average Bonchev–Trinajstić information content (AvgIpc) is 2.29. The van der Waals surface area contributed by atoms with Gasteiger partial charge >= 0.3 is 0 Å². The molecule has 0 bridgehead atoms. The summed E-state index contributed by atoms with van der Waals surface area (Å²) < 4.78 is 0. The molecule has 1 aromatic carbocycles. The Balaban J connectivity index is 2.19. The fourth-order valence-electron chi connectivity index (χ4n) is 1.46. The van der Waals surface area contributed by atoms with Crippen LogP contribution in [0.25, 0.3) is 0 Å². The first-order valence-electron chi connectivity index (χ1n) is 5.88. The van der Waals surface area contributed by atoms with Gasteiger partial charge in [-0.25, -0.2) is 0 Å². The van der Waals surface area contributed by atoms with Crippen molar-refractivity contribution in [2.24, 2.45) is 5.73 Å². The van der Waals surface area contributed by atoms with Crippen molar-refractivity contribution in [2.75, 3.05) is 6.54 Å². The third-order valence-electron chi connectivity index (χ3n) is 2.50. The molecule has 4 nitrogen and oxygen atoms in total. The zero-order valence-corrected chi connectivity index (χ0v) is 10.1. The van der Waals surface area contributed by atoms with Crippen LogP contribution in [-0.2, 0) is 11.2 Å². The van der Waals surface area contributed by atoms with E-state index in [9.17, 15) is 4.79 Å². The zero-order valence-electron chi connectivity index (χ0n) is 10.1. The summed E-state index contributed by atoms with van der Waals surface area (Å²) >= 11 is 0. The van der Waals surface area contributed by atoms with Gasteiger partial charge in [0.2, 0.25) is 5.91 Å². The van der Waals surface area contributed by atoms with Gasteiger partial charge in [-0.15, -0.1) is 0 Å². The van der Waals surface area contributed by atoms with Gasteiger partial charge in [0.15, 0.2) is 0 Å². The van der Waals surface area contributed by atoms with Crippen LogP contribution in [0.15, 0.2) is 24.3 Å². The number of nitrogens with two attached hydrogens (primary N) is 1. The Morgan fingerprint density at radius 3 is 2.65 bits per heavy atom. The van der Waals surface area contributed by atoms with Crippen molar-refractivity contribution >= 4 is 5.91 Å². The number of benzene rings is 1. The Bertz CT molecular complexity index is 347. The van der Waals surface area contributed by atoms with E-state index in [4.69, 9.17) is 10.8 Å². The molecule has 0 saturated carbocycles. The summed E-state index contributed by atoms with van der Waals surface area (Å²) in [5, 5.41) is 12.0. The molecule has 0 aromatic heterocycles. The van der Waals surface area contributed by atoms with Gasteiger partial charge < -0.3 is 16.2 Å². The number of phenols is 1. The summed E-state index contributed by atoms with van der Waals surface area (Å²) in [6.07, 6.45) is 1.96. The standard InChI is InChI=1S/C13H20N2O2/c1-10(14)2-7-13(17)15-9-8-11-3-5-12(16)6-4-11/h3-6,10,16H,2,7-9,14H2,1H3,(H,15,17). The van der Waals surface area contributed by atoms with Gasteiger partial charge in [0.05, 0.1) is 0 Å². The molecule has 0 radical (unpaired) electrons. The maximum atomic E-state index is 11.4. The highest BCUT2D eigenvalue weighted by atomic mass is 16.3. The molecule has 1 unspecified atom stereocenters. The Labute approximate surface area is 102 Å². The van der Waals surface area contributed by atoms with Crippen molar-refractivity contribution in [1.29, 1.82) is 0 Å². The molecule has 0 saturated heterocycles. The van der Waals surface area contributed by atoms with Crippen LogP contribution in [0.4, 0.5) is 0 Å². The van der Waals surface area contributed by atoms with Gasteiger partial charge in [-0.1, -0.05) is 12.1 Å². The van der Waals surface area contributed by atoms with Crippen LogP contribution in [0.5, 0.6) is 5.75 Å². The SMILES string of the molecule is CC(N)CCC(=O)NCCc1ccc(O)cc1. The van der Waals surface area contributed by atoms with E-state index in [1.54, 1.807) is 12.1 Å². The van der Waals surface area contributed by atoms with Crippen molar-refractivity contribution < 1.29 is 9.90 Å². The summed E-state index contributed by atoms with van der Waals surface area (Å²) in [5.41, 5.74) is 6.66. The quantitative estimate of drug-likeness (QED) is 0.694. The predicted molar refractivity (Wildman–Crippen MR) is 67.7 cm³/mol. The maximum absolute atomic E-state index is 11.4. The van der Waals surface area contributed by atoms with Crippen LogP contribution in [0.3, 0.4) is 0 Å². The highest BCUT2D eigenvalue weighted by Gasteiger charge is 2.02. The zero-order chi connectivity index (χ0) is 12.7. The minimum atomic E-state index is 0.0427. The van der Waals surface area contributed by atoms with E-state index < -0.39 is 0 Å². The number of nitrogens with one attached hydrogen (secondary N) is 1. The van der Waals surface area contributed by atoms with E-state index in [1.165, 1.54) is 0 Å². The largest absolute Gasteiger partial charge is 0.508 e. The summed E-state index contributed by atoms with van der Waals surface area (Å²) in [6, 6.07) is 7.06. The molecule has 0 aliphatic rings. The number of aromatic hydroxyl groups is 1. The van der Waals surface area contributed by atoms with E-state index in [2.05, 4.69) is 5.32 Å². The predicted octanol–water partition coefficient (Wildman–Crippen LogP) is 1.18. The van der Waals surface area contributed by atoms with Gasteiger partial charge in [-0.2, -0.15) is 0 Å². The maximum Gasteiger partial charge on any atom is 0.220 e. The van der Waals surface area contributed by atoms with E-state index in [0.717, 1.165) is 12.0 Å². The lowest BCUT2D eigenvalue weighted by atomic mass is 10.1. The van der Waals surface area contributed by atoms with Crippen molar-refractivity contribution in [3.63, 3.8) is 0 Å². The fourth-order valence-corrected chi connectivity index (χ4v) is 1.46. The van der Waals surface area contributed by atoms with Gasteiger partial charge in [0.1, 0.15) is 5.75 Å². The van der Waals surface area contributed by atoms with Gasteiger partial charge in [0, 0.05) is 19.0 Å². The molecule has 0 aliphatic carbocycles. The van der Waals surface area contributed by atoms with Crippen LogP contribution in [0, 0.1) is 0 Å². The Hall–Kier alpha value is -1.55. The number of rotatable bonds is 6. The second-order valence-corrected chi connectivity index (χ2v) is 4.28. The Morgan fingerprint density at radius 2 is 2.06 bits per heavy atom. The number of hydrogen-bond donors (Lipinski definition) is 3.